The zero-order chi connectivity index (χ0) is 20.3. The van der Waals surface area contributed by atoms with Crippen molar-refractivity contribution in [2.24, 2.45) is 10.9 Å². The summed E-state index contributed by atoms with van der Waals surface area (Å²) in [5.74, 6) is 1.80. The van der Waals surface area contributed by atoms with Crippen LogP contribution >= 0.6 is 0 Å². The maximum Gasteiger partial charge on any atom is 0.191 e. The van der Waals surface area contributed by atoms with Gasteiger partial charge in [-0.25, -0.2) is 4.99 Å². The highest BCUT2D eigenvalue weighted by atomic mass is 16.5. The molecule has 0 saturated carbocycles. The molecule has 0 bridgehead atoms. The number of aliphatic imine (C=N–C) groups is 1. The molecule has 6 nitrogen and oxygen atoms in total. The van der Waals surface area contributed by atoms with E-state index in [2.05, 4.69) is 58.5 Å². The third-order valence-electron chi connectivity index (χ3n) is 5.96. The number of morpholine rings is 1. The fourth-order valence-electron chi connectivity index (χ4n) is 3.99. The number of benzene rings is 1. The number of ether oxygens (including phenoxy) is 1. The summed E-state index contributed by atoms with van der Waals surface area (Å²) in [6.45, 7) is 15.2. The Morgan fingerprint density at radius 3 is 2.48 bits per heavy atom. The molecule has 0 aliphatic carbocycles. The maximum absolute atomic E-state index is 5.48. The average Bonchev–Trinajstić information content (AvgIpc) is 2.75. The highest BCUT2D eigenvalue weighted by Gasteiger charge is 2.15. The minimum Gasteiger partial charge on any atom is -0.379 e. The van der Waals surface area contributed by atoms with Gasteiger partial charge in [0.25, 0.3) is 0 Å². The second kappa shape index (κ2) is 12.2. The van der Waals surface area contributed by atoms with Crippen LogP contribution in [0.15, 0.2) is 29.3 Å². The quantitative estimate of drug-likeness (QED) is 0.517. The normalized spacial score (nSPS) is 20.0. The monoisotopic (exact) mass is 401 g/mol. The minimum atomic E-state index is 0.705. The van der Waals surface area contributed by atoms with E-state index in [0.717, 1.165) is 64.4 Å². The Morgan fingerprint density at radius 2 is 1.76 bits per heavy atom. The van der Waals surface area contributed by atoms with Gasteiger partial charge >= 0.3 is 0 Å². The van der Waals surface area contributed by atoms with Crippen LogP contribution in [-0.4, -0.2) is 74.8 Å². The molecule has 2 saturated heterocycles. The van der Waals surface area contributed by atoms with Gasteiger partial charge < -0.3 is 20.3 Å². The van der Waals surface area contributed by atoms with E-state index in [1.54, 1.807) is 0 Å². The van der Waals surface area contributed by atoms with Crippen LogP contribution in [0.5, 0.6) is 0 Å². The molecule has 3 rings (SSSR count). The number of likely N-dealkylation sites (tertiary alicyclic amines) is 1. The van der Waals surface area contributed by atoms with Gasteiger partial charge in [-0.2, -0.15) is 0 Å². The van der Waals surface area contributed by atoms with Crippen molar-refractivity contribution in [1.82, 2.24) is 20.4 Å². The summed E-state index contributed by atoms with van der Waals surface area (Å²) in [6.07, 6.45) is 2.65. The summed E-state index contributed by atoms with van der Waals surface area (Å²) < 4.78 is 5.48. The minimum absolute atomic E-state index is 0.705. The van der Waals surface area contributed by atoms with Crippen molar-refractivity contribution in [1.29, 1.82) is 0 Å². The second-order valence-electron chi connectivity index (χ2n) is 8.30. The zero-order valence-electron chi connectivity index (χ0n) is 18.3. The van der Waals surface area contributed by atoms with Crippen molar-refractivity contribution in [2.75, 3.05) is 59.0 Å². The van der Waals surface area contributed by atoms with E-state index in [1.807, 2.05) is 0 Å². The van der Waals surface area contributed by atoms with Crippen molar-refractivity contribution < 1.29 is 4.74 Å². The van der Waals surface area contributed by atoms with Crippen LogP contribution < -0.4 is 10.6 Å². The third-order valence-corrected chi connectivity index (χ3v) is 5.96. The molecule has 2 aliphatic rings. The highest BCUT2D eigenvalue weighted by Crippen LogP contribution is 2.15. The topological polar surface area (TPSA) is 52.1 Å². The van der Waals surface area contributed by atoms with Crippen molar-refractivity contribution in [3.8, 4) is 0 Å². The van der Waals surface area contributed by atoms with Gasteiger partial charge in [-0.3, -0.25) is 4.90 Å². The van der Waals surface area contributed by atoms with Crippen molar-refractivity contribution in [3.05, 3.63) is 35.4 Å². The molecule has 2 heterocycles. The lowest BCUT2D eigenvalue weighted by atomic mass is 9.99. The fraction of sp³-hybridized carbons (Fsp3) is 0.696. The lowest BCUT2D eigenvalue weighted by Gasteiger charge is -2.30. The predicted octanol–water partition coefficient (Wildman–Crippen LogP) is 2.31. The van der Waals surface area contributed by atoms with Gasteiger partial charge in [-0.05, 0) is 49.9 Å². The van der Waals surface area contributed by atoms with E-state index in [4.69, 9.17) is 9.73 Å². The molecular formula is C23H39N5O. The van der Waals surface area contributed by atoms with Crippen molar-refractivity contribution >= 4 is 5.96 Å². The van der Waals surface area contributed by atoms with Gasteiger partial charge in [-0.1, -0.05) is 31.2 Å². The van der Waals surface area contributed by atoms with Crippen LogP contribution in [-0.2, 0) is 17.8 Å². The van der Waals surface area contributed by atoms with Crippen molar-refractivity contribution in [3.63, 3.8) is 0 Å². The Hall–Kier alpha value is -1.63. The van der Waals surface area contributed by atoms with Crippen LogP contribution in [0, 0.1) is 5.92 Å². The van der Waals surface area contributed by atoms with E-state index in [9.17, 15) is 0 Å². The zero-order valence-corrected chi connectivity index (χ0v) is 18.3. The number of nitrogens with zero attached hydrogens (tertiary/aromatic N) is 3. The van der Waals surface area contributed by atoms with Crippen LogP contribution in [0.3, 0.4) is 0 Å². The van der Waals surface area contributed by atoms with Crippen LogP contribution in [0.2, 0.25) is 0 Å². The maximum atomic E-state index is 5.48. The standard InChI is InChI=1S/C23H39N5O/c1-3-24-23(25-10-13-27-11-8-20(2)9-12-27)26-18-21-6-4-5-7-22(21)19-28-14-16-29-17-15-28/h4-7,20H,3,8-19H2,1-2H3,(H2,24,25,26). The summed E-state index contributed by atoms with van der Waals surface area (Å²) in [5.41, 5.74) is 2.68. The Labute approximate surface area is 176 Å². The number of rotatable bonds is 8. The predicted molar refractivity (Wildman–Crippen MR) is 120 cm³/mol. The number of guanidine groups is 1. The van der Waals surface area contributed by atoms with Gasteiger partial charge in [0.2, 0.25) is 0 Å². The molecule has 1 aromatic rings. The Balaban J connectivity index is 1.51. The lowest BCUT2D eigenvalue weighted by molar-refractivity contribution is 0.0341. The molecule has 6 heteroatoms. The summed E-state index contributed by atoms with van der Waals surface area (Å²) in [4.78, 5) is 9.90. The van der Waals surface area contributed by atoms with E-state index < -0.39 is 0 Å². The largest absolute Gasteiger partial charge is 0.379 e. The SMILES string of the molecule is CCNC(=NCc1ccccc1CN1CCOCC1)NCCN1CCC(C)CC1. The molecule has 162 valence electrons. The molecule has 2 aliphatic heterocycles. The third kappa shape index (κ3) is 7.61. The first-order valence-corrected chi connectivity index (χ1v) is 11.4. The van der Waals surface area contributed by atoms with Gasteiger partial charge in [-0.15, -0.1) is 0 Å². The molecule has 0 atom stereocenters. The molecule has 29 heavy (non-hydrogen) atoms. The van der Waals surface area contributed by atoms with Crippen LogP contribution in [0.1, 0.15) is 37.8 Å². The van der Waals surface area contributed by atoms with E-state index in [-0.39, 0.29) is 0 Å². The summed E-state index contributed by atoms with van der Waals surface area (Å²) in [7, 11) is 0. The second-order valence-corrected chi connectivity index (χ2v) is 8.30. The molecule has 0 amide bonds. The molecular weight excluding hydrogens is 362 g/mol. The summed E-state index contributed by atoms with van der Waals surface area (Å²) >= 11 is 0. The molecule has 2 N–H and O–H groups in total. The van der Waals surface area contributed by atoms with Gasteiger partial charge in [0, 0.05) is 39.3 Å². The molecule has 0 radical (unpaired) electrons. The first-order valence-electron chi connectivity index (χ1n) is 11.4. The van der Waals surface area contributed by atoms with Gasteiger partial charge in [0.05, 0.1) is 19.8 Å². The van der Waals surface area contributed by atoms with Crippen molar-refractivity contribution in [2.45, 2.75) is 39.8 Å². The molecule has 1 aromatic carbocycles. The Morgan fingerprint density at radius 1 is 1.03 bits per heavy atom. The number of hydrogen-bond donors (Lipinski definition) is 2. The smallest absolute Gasteiger partial charge is 0.191 e. The average molecular weight is 402 g/mol. The van der Waals surface area contributed by atoms with E-state index in [1.165, 1.54) is 37.1 Å². The first kappa shape index (κ1) is 22.1. The lowest BCUT2D eigenvalue weighted by Crippen LogP contribution is -2.43. The summed E-state index contributed by atoms with van der Waals surface area (Å²) in [6, 6.07) is 8.69. The molecule has 0 aromatic heterocycles. The molecule has 2 fully saturated rings. The van der Waals surface area contributed by atoms with E-state index in [0.29, 0.717) is 6.54 Å². The summed E-state index contributed by atoms with van der Waals surface area (Å²) in [5, 5.41) is 6.91. The van der Waals surface area contributed by atoms with E-state index >= 15 is 0 Å². The number of nitrogens with one attached hydrogen (secondary N) is 2. The number of hydrogen-bond acceptors (Lipinski definition) is 4. The number of piperidine rings is 1. The van der Waals surface area contributed by atoms with Gasteiger partial charge in [0.15, 0.2) is 5.96 Å². The van der Waals surface area contributed by atoms with Crippen LogP contribution in [0.4, 0.5) is 0 Å². The Bertz CT molecular complexity index is 621. The molecule has 0 unspecified atom stereocenters. The highest BCUT2D eigenvalue weighted by molar-refractivity contribution is 5.79. The fourth-order valence-corrected chi connectivity index (χ4v) is 3.99. The van der Waals surface area contributed by atoms with Crippen LogP contribution in [0.25, 0.3) is 0 Å². The Kier molecular flexibility index (Phi) is 9.25. The first-order chi connectivity index (χ1) is 14.2. The molecule has 0 spiro atoms. The van der Waals surface area contributed by atoms with Gasteiger partial charge in [0.1, 0.15) is 0 Å².